The van der Waals surface area contributed by atoms with Gasteiger partial charge >= 0.3 is 0 Å². The van der Waals surface area contributed by atoms with Crippen LogP contribution in [0.3, 0.4) is 0 Å². The SMILES string of the molecule is CSN.Cc1ccc2nccc(Nc3cccc(C(=O)Nc4ccc(NC56CC(N)(C5)C6)cc4)c3)c2c1. The molecule has 1 aromatic heterocycles. The van der Waals surface area contributed by atoms with E-state index in [1.807, 2.05) is 66.9 Å². The largest absolute Gasteiger partial charge is 0.379 e. The van der Waals surface area contributed by atoms with Crippen LogP contribution in [0.5, 0.6) is 0 Å². The number of carbonyl (C=O) groups is 1. The number of nitrogens with two attached hydrogens (primary N) is 2. The maximum atomic E-state index is 12.9. The van der Waals surface area contributed by atoms with Gasteiger partial charge in [0.2, 0.25) is 0 Å². The molecular formula is C29H32N6OS. The van der Waals surface area contributed by atoms with Gasteiger partial charge in [-0.2, -0.15) is 0 Å². The molecule has 0 spiro atoms. The van der Waals surface area contributed by atoms with E-state index in [-0.39, 0.29) is 17.0 Å². The number of nitrogens with zero attached hydrogens (tertiary/aromatic N) is 1. The van der Waals surface area contributed by atoms with E-state index in [1.165, 1.54) is 17.5 Å². The molecule has 0 radical (unpaired) electrons. The van der Waals surface area contributed by atoms with E-state index in [0.717, 1.165) is 52.9 Å². The Hall–Kier alpha value is -3.59. The van der Waals surface area contributed by atoms with Crippen molar-refractivity contribution in [3.63, 3.8) is 0 Å². The third-order valence-corrected chi connectivity index (χ3v) is 6.92. The number of anilines is 4. The highest BCUT2D eigenvalue weighted by molar-refractivity contribution is 7.96. The van der Waals surface area contributed by atoms with Crippen molar-refractivity contribution < 1.29 is 4.79 Å². The number of amides is 1. The van der Waals surface area contributed by atoms with Crippen LogP contribution in [0.1, 0.15) is 35.2 Å². The van der Waals surface area contributed by atoms with Gasteiger partial charge in [-0.25, -0.2) is 0 Å². The fraction of sp³-hybridized carbons (Fsp3) is 0.241. The molecule has 3 saturated carbocycles. The molecular weight excluding hydrogens is 480 g/mol. The number of aryl methyl sites for hydroxylation is 1. The van der Waals surface area contributed by atoms with Gasteiger partial charge < -0.3 is 21.7 Å². The van der Waals surface area contributed by atoms with Crippen molar-refractivity contribution in [1.29, 1.82) is 0 Å². The van der Waals surface area contributed by atoms with Crippen LogP contribution in [0, 0.1) is 6.92 Å². The Kier molecular flexibility index (Phi) is 6.81. The second kappa shape index (κ2) is 10.0. The molecule has 0 aliphatic heterocycles. The lowest BCUT2D eigenvalue weighted by Gasteiger charge is -2.69. The summed E-state index contributed by atoms with van der Waals surface area (Å²) in [4.78, 5) is 17.4. The highest BCUT2D eigenvalue weighted by Gasteiger charge is 2.66. The topological polar surface area (TPSA) is 118 Å². The van der Waals surface area contributed by atoms with Crippen LogP contribution >= 0.6 is 11.9 Å². The number of rotatable bonds is 6. The van der Waals surface area contributed by atoms with Crippen LogP contribution in [-0.4, -0.2) is 28.2 Å². The molecule has 37 heavy (non-hydrogen) atoms. The maximum Gasteiger partial charge on any atom is 0.255 e. The minimum atomic E-state index is -0.149. The number of nitrogens with one attached hydrogen (secondary N) is 3. The molecule has 1 amide bonds. The predicted octanol–water partition coefficient (Wildman–Crippen LogP) is 5.81. The van der Waals surface area contributed by atoms with Crippen molar-refractivity contribution in [3.8, 4) is 0 Å². The Morgan fingerprint density at radius 2 is 1.65 bits per heavy atom. The van der Waals surface area contributed by atoms with E-state index in [4.69, 9.17) is 10.9 Å². The van der Waals surface area contributed by atoms with Gasteiger partial charge in [-0.15, -0.1) is 0 Å². The zero-order chi connectivity index (χ0) is 26.0. The van der Waals surface area contributed by atoms with E-state index in [2.05, 4.69) is 40.0 Å². The van der Waals surface area contributed by atoms with Crippen LogP contribution in [0.2, 0.25) is 0 Å². The van der Waals surface area contributed by atoms with E-state index in [9.17, 15) is 4.79 Å². The Balaban J connectivity index is 0.000000892. The lowest BCUT2D eigenvalue weighted by atomic mass is 9.44. The zero-order valence-corrected chi connectivity index (χ0v) is 21.9. The standard InChI is InChI=1S/C28H27N5O.CH5NS/c1-18-5-10-24-23(13-18)25(11-12-30-24)31-22-4-2-3-19(14-22)26(34)32-20-6-8-21(9-7-20)33-28-15-27(29,16-28)17-28;1-3-2/h2-14,33H,15-17,29H2,1H3,(H,30,31)(H,32,34);2H2,1H3. The van der Waals surface area contributed by atoms with Crippen molar-refractivity contribution in [2.75, 3.05) is 22.2 Å². The number of hydrogen-bond acceptors (Lipinski definition) is 7. The average Bonchev–Trinajstić information content (AvgIpc) is 2.85. The number of aromatic nitrogens is 1. The summed E-state index contributed by atoms with van der Waals surface area (Å²) in [6.45, 7) is 2.06. The lowest BCUT2D eigenvalue weighted by Crippen LogP contribution is -2.79. The third kappa shape index (κ3) is 5.41. The van der Waals surface area contributed by atoms with Crippen molar-refractivity contribution in [2.45, 2.75) is 37.3 Å². The Morgan fingerprint density at radius 3 is 2.35 bits per heavy atom. The summed E-state index contributed by atoms with van der Waals surface area (Å²) < 4.78 is 0. The van der Waals surface area contributed by atoms with Gasteiger partial charge in [0.1, 0.15) is 0 Å². The van der Waals surface area contributed by atoms with Crippen LogP contribution in [-0.2, 0) is 0 Å². The van der Waals surface area contributed by atoms with Crippen LogP contribution in [0.4, 0.5) is 22.7 Å². The van der Waals surface area contributed by atoms with Crippen LogP contribution in [0.15, 0.2) is 79.0 Å². The van der Waals surface area contributed by atoms with E-state index in [0.29, 0.717) is 5.56 Å². The summed E-state index contributed by atoms with van der Waals surface area (Å²) in [5, 5.41) is 15.8. The molecule has 7 nitrogen and oxygen atoms in total. The fourth-order valence-electron chi connectivity index (χ4n) is 5.41. The molecule has 3 fully saturated rings. The smallest absolute Gasteiger partial charge is 0.255 e. The molecule has 1 heterocycles. The molecule has 0 atom stereocenters. The molecule has 4 aromatic rings. The number of fused-ring (bicyclic) bond motifs is 1. The second-order valence-electron chi connectivity index (χ2n) is 10.2. The van der Waals surface area contributed by atoms with Crippen molar-refractivity contribution in [2.24, 2.45) is 10.9 Å². The Labute approximate surface area is 221 Å². The van der Waals surface area contributed by atoms with E-state index < -0.39 is 0 Å². The second-order valence-corrected chi connectivity index (χ2v) is 10.6. The highest BCUT2D eigenvalue weighted by Crippen LogP contribution is 2.60. The zero-order valence-electron chi connectivity index (χ0n) is 21.0. The average molecular weight is 513 g/mol. The molecule has 7 rings (SSSR count). The van der Waals surface area contributed by atoms with Gasteiger partial charge in [0.25, 0.3) is 5.91 Å². The summed E-state index contributed by atoms with van der Waals surface area (Å²) in [6, 6.07) is 23.5. The van der Waals surface area contributed by atoms with Gasteiger partial charge in [-0.1, -0.05) is 29.6 Å². The molecule has 8 heteroatoms. The maximum absolute atomic E-state index is 12.9. The normalized spacial score (nSPS) is 21.1. The lowest BCUT2D eigenvalue weighted by molar-refractivity contribution is -0.0318. The summed E-state index contributed by atoms with van der Waals surface area (Å²) in [7, 11) is 0. The summed E-state index contributed by atoms with van der Waals surface area (Å²) in [5.74, 6) is -0.149. The van der Waals surface area contributed by atoms with Gasteiger partial charge in [0, 0.05) is 51.0 Å². The molecule has 190 valence electrons. The molecule has 3 aliphatic carbocycles. The van der Waals surface area contributed by atoms with E-state index >= 15 is 0 Å². The number of benzene rings is 3. The molecule has 3 aliphatic rings. The first-order chi connectivity index (χ1) is 17.8. The van der Waals surface area contributed by atoms with E-state index in [1.54, 1.807) is 6.20 Å². The monoisotopic (exact) mass is 512 g/mol. The van der Waals surface area contributed by atoms with Gasteiger partial charge in [0.15, 0.2) is 0 Å². The van der Waals surface area contributed by atoms with Crippen LogP contribution < -0.4 is 26.8 Å². The highest BCUT2D eigenvalue weighted by atomic mass is 32.2. The summed E-state index contributed by atoms with van der Waals surface area (Å²) in [6.07, 6.45) is 6.73. The first-order valence-electron chi connectivity index (χ1n) is 12.2. The first-order valence-corrected chi connectivity index (χ1v) is 13.5. The van der Waals surface area contributed by atoms with Gasteiger partial charge in [-0.05, 0) is 93.1 Å². The van der Waals surface area contributed by atoms with Gasteiger partial charge in [-0.3, -0.25) is 14.9 Å². The van der Waals surface area contributed by atoms with Crippen molar-refractivity contribution in [3.05, 3.63) is 90.1 Å². The summed E-state index contributed by atoms with van der Waals surface area (Å²) in [5.41, 5.74) is 12.7. The minimum absolute atomic E-state index is 0.0771. The minimum Gasteiger partial charge on any atom is -0.379 e. The van der Waals surface area contributed by atoms with Crippen LogP contribution in [0.25, 0.3) is 10.9 Å². The molecule has 2 bridgehead atoms. The Bertz CT molecular complexity index is 1420. The third-order valence-electron chi connectivity index (χ3n) is 6.92. The number of carbonyl (C=O) groups excluding carboxylic acids is 1. The number of pyridine rings is 1. The Morgan fingerprint density at radius 1 is 0.946 bits per heavy atom. The van der Waals surface area contributed by atoms with Crippen molar-refractivity contribution >= 4 is 51.5 Å². The molecule has 3 aromatic carbocycles. The molecule has 0 unspecified atom stereocenters. The predicted molar refractivity (Wildman–Crippen MR) is 155 cm³/mol. The van der Waals surface area contributed by atoms with Gasteiger partial charge in [0.05, 0.1) is 5.52 Å². The fourth-order valence-corrected chi connectivity index (χ4v) is 5.41. The molecule has 0 saturated heterocycles. The summed E-state index contributed by atoms with van der Waals surface area (Å²) >= 11 is 1.25. The number of hydrogen-bond donors (Lipinski definition) is 5. The first kappa shape index (κ1) is 25.1. The molecule has 7 N–H and O–H groups in total. The quantitative estimate of drug-likeness (QED) is 0.207. The van der Waals surface area contributed by atoms with Crippen molar-refractivity contribution in [1.82, 2.24) is 4.98 Å².